The molecule has 1 heterocycles. The molecule has 1 atom stereocenters. The second kappa shape index (κ2) is 4.42. The first kappa shape index (κ1) is 11.0. The number of rotatable bonds is 4. The molecule has 0 spiro atoms. The van der Waals surface area contributed by atoms with Gasteiger partial charge in [-0.15, -0.1) is 6.58 Å². The van der Waals surface area contributed by atoms with Crippen LogP contribution in [0.2, 0.25) is 0 Å². The number of aromatic nitrogens is 2. The Morgan fingerprint density at radius 2 is 2.36 bits per heavy atom. The molecule has 0 aliphatic heterocycles. The molecule has 0 aliphatic carbocycles. The zero-order chi connectivity index (χ0) is 10.7. The molecule has 3 heteroatoms. The Morgan fingerprint density at radius 3 is 2.79 bits per heavy atom. The van der Waals surface area contributed by atoms with Gasteiger partial charge in [0.15, 0.2) is 0 Å². The molecule has 14 heavy (non-hydrogen) atoms. The highest BCUT2D eigenvalue weighted by atomic mass is 16.3. The van der Waals surface area contributed by atoms with Crippen LogP contribution in [-0.4, -0.2) is 14.9 Å². The molecule has 1 aromatic heterocycles. The summed E-state index contributed by atoms with van der Waals surface area (Å²) in [7, 11) is 1.88. The van der Waals surface area contributed by atoms with Crippen LogP contribution in [0.3, 0.4) is 0 Å². The Bertz CT molecular complexity index is 328. The molecule has 0 amide bonds. The molecule has 0 saturated carbocycles. The summed E-state index contributed by atoms with van der Waals surface area (Å²) in [5, 5.41) is 14.0. The van der Waals surface area contributed by atoms with Crippen LogP contribution < -0.4 is 0 Å². The molecule has 78 valence electrons. The van der Waals surface area contributed by atoms with Gasteiger partial charge in [-0.3, -0.25) is 4.68 Å². The maximum absolute atomic E-state index is 9.87. The van der Waals surface area contributed by atoms with E-state index < -0.39 is 6.10 Å². The number of nitrogens with zero attached hydrogens (tertiary/aromatic N) is 2. The van der Waals surface area contributed by atoms with Crippen LogP contribution in [0.15, 0.2) is 18.3 Å². The van der Waals surface area contributed by atoms with E-state index >= 15 is 0 Å². The number of aliphatic hydroxyl groups excluding tert-OH is 1. The largest absolute Gasteiger partial charge is 0.388 e. The Morgan fingerprint density at radius 1 is 1.71 bits per heavy atom. The summed E-state index contributed by atoms with van der Waals surface area (Å²) < 4.78 is 1.78. The zero-order valence-corrected chi connectivity index (χ0v) is 9.12. The number of hydrogen-bond acceptors (Lipinski definition) is 2. The van der Waals surface area contributed by atoms with Gasteiger partial charge in [-0.05, 0) is 26.7 Å². The predicted octanol–water partition coefficient (Wildman–Crippen LogP) is 2.12. The molecule has 1 unspecified atom stereocenters. The predicted molar refractivity (Wildman–Crippen MR) is 57.0 cm³/mol. The van der Waals surface area contributed by atoms with E-state index in [2.05, 4.69) is 11.7 Å². The highest BCUT2D eigenvalue weighted by molar-refractivity contribution is 5.18. The molecule has 0 saturated heterocycles. The van der Waals surface area contributed by atoms with E-state index in [1.807, 2.05) is 20.9 Å². The van der Waals surface area contributed by atoms with Crippen molar-refractivity contribution in [2.45, 2.75) is 32.8 Å². The van der Waals surface area contributed by atoms with E-state index in [9.17, 15) is 5.11 Å². The summed E-state index contributed by atoms with van der Waals surface area (Å²) >= 11 is 0. The average molecular weight is 194 g/mol. The van der Waals surface area contributed by atoms with Crippen molar-refractivity contribution in [3.05, 3.63) is 29.6 Å². The lowest BCUT2D eigenvalue weighted by Gasteiger charge is -2.09. The van der Waals surface area contributed by atoms with E-state index in [1.165, 1.54) is 0 Å². The Kier molecular flexibility index (Phi) is 3.47. The quantitative estimate of drug-likeness (QED) is 0.745. The number of aryl methyl sites for hydroxylation is 1. The molecule has 0 fully saturated rings. The fourth-order valence-corrected chi connectivity index (χ4v) is 1.38. The van der Waals surface area contributed by atoms with Crippen molar-refractivity contribution < 1.29 is 5.11 Å². The smallest absolute Gasteiger partial charge is 0.0826 e. The summed E-state index contributed by atoms with van der Waals surface area (Å²) in [5.74, 6) is 0. The maximum Gasteiger partial charge on any atom is 0.0826 e. The topological polar surface area (TPSA) is 38.1 Å². The number of hydrogen-bond donors (Lipinski definition) is 1. The van der Waals surface area contributed by atoms with Crippen LogP contribution in [-0.2, 0) is 7.05 Å². The third-order valence-corrected chi connectivity index (χ3v) is 2.48. The third kappa shape index (κ3) is 2.45. The first-order valence-corrected chi connectivity index (χ1v) is 4.83. The van der Waals surface area contributed by atoms with Crippen LogP contribution in [0.1, 0.15) is 37.1 Å². The van der Waals surface area contributed by atoms with Crippen molar-refractivity contribution in [1.82, 2.24) is 9.78 Å². The van der Waals surface area contributed by atoms with Gasteiger partial charge in [0.2, 0.25) is 0 Å². The number of aliphatic hydroxyl groups is 1. The summed E-state index contributed by atoms with van der Waals surface area (Å²) in [6.45, 7) is 7.76. The van der Waals surface area contributed by atoms with Gasteiger partial charge in [-0.2, -0.15) is 5.10 Å². The Hall–Kier alpha value is -1.09. The van der Waals surface area contributed by atoms with Crippen molar-refractivity contribution >= 4 is 0 Å². The van der Waals surface area contributed by atoms with Crippen LogP contribution in [0.5, 0.6) is 0 Å². The van der Waals surface area contributed by atoms with Gasteiger partial charge in [-0.1, -0.05) is 5.57 Å². The molecule has 1 rings (SSSR count). The first-order valence-electron chi connectivity index (χ1n) is 4.83. The lowest BCUT2D eigenvalue weighted by molar-refractivity contribution is 0.167. The minimum absolute atomic E-state index is 0.416. The molecule has 0 aromatic carbocycles. The SMILES string of the molecule is C=C(C)CCC(O)c1cnn(C)c1C. The summed E-state index contributed by atoms with van der Waals surface area (Å²) in [4.78, 5) is 0. The minimum Gasteiger partial charge on any atom is -0.388 e. The third-order valence-electron chi connectivity index (χ3n) is 2.48. The zero-order valence-electron chi connectivity index (χ0n) is 9.12. The molecule has 0 bridgehead atoms. The summed E-state index contributed by atoms with van der Waals surface area (Å²) in [5.41, 5.74) is 3.05. The standard InChI is InChI=1S/C11H18N2O/c1-8(2)5-6-11(14)10-7-12-13(4)9(10)3/h7,11,14H,1,5-6H2,2-4H3. The minimum atomic E-state index is -0.416. The molecule has 1 aromatic rings. The normalized spacial score (nSPS) is 12.9. The fourth-order valence-electron chi connectivity index (χ4n) is 1.38. The number of allylic oxidation sites excluding steroid dienone is 1. The fraction of sp³-hybridized carbons (Fsp3) is 0.545. The molecule has 1 N–H and O–H groups in total. The van der Waals surface area contributed by atoms with E-state index in [0.717, 1.165) is 29.7 Å². The van der Waals surface area contributed by atoms with E-state index in [-0.39, 0.29) is 0 Å². The van der Waals surface area contributed by atoms with Gasteiger partial charge in [-0.25, -0.2) is 0 Å². The van der Waals surface area contributed by atoms with Gasteiger partial charge >= 0.3 is 0 Å². The second-order valence-electron chi connectivity index (χ2n) is 3.82. The van der Waals surface area contributed by atoms with Gasteiger partial charge in [0, 0.05) is 18.3 Å². The Labute approximate surface area is 85.1 Å². The first-order chi connectivity index (χ1) is 6.52. The van der Waals surface area contributed by atoms with Crippen molar-refractivity contribution in [3.8, 4) is 0 Å². The van der Waals surface area contributed by atoms with Crippen LogP contribution in [0, 0.1) is 6.92 Å². The van der Waals surface area contributed by atoms with Gasteiger partial charge in [0.1, 0.15) is 0 Å². The van der Waals surface area contributed by atoms with Crippen molar-refractivity contribution in [3.63, 3.8) is 0 Å². The molecule has 3 nitrogen and oxygen atoms in total. The molecular formula is C11H18N2O. The lowest BCUT2D eigenvalue weighted by atomic mass is 10.0. The highest BCUT2D eigenvalue weighted by Crippen LogP contribution is 2.22. The lowest BCUT2D eigenvalue weighted by Crippen LogP contribution is -2.00. The van der Waals surface area contributed by atoms with E-state index in [0.29, 0.717) is 0 Å². The molecule has 0 radical (unpaired) electrons. The summed E-state index contributed by atoms with van der Waals surface area (Å²) in [6, 6.07) is 0. The van der Waals surface area contributed by atoms with Crippen molar-refractivity contribution in [2.75, 3.05) is 0 Å². The van der Waals surface area contributed by atoms with Crippen LogP contribution in [0.4, 0.5) is 0 Å². The average Bonchev–Trinajstić information content (AvgIpc) is 2.44. The van der Waals surface area contributed by atoms with Gasteiger partial charge in [0.25, 0.3) is 0 Å². The van der Waals surface area contributed by atoms with Crippen LogP contribution >= 0.6 is 0 Å². The molecule has 0 aliphatic rings. The highest BCUT2D eigenvalue weighted by Gasteiger charge is 2.13. The van der Waals surface area contributed by atoms with E-state index in [1.54, 1.807) is 10.9 Å². The van der Waals surface area contributed by atoms with Crippen LogP contribution in [0.25, 0.3) is 0 Å². The maximum atomic E-state index is 9.87. The van der Waals surface area contributed by atoms with Gasteiger partial charge in [0.05, 0.1) is 12.3 Å². The van der Waals surface area contributed by atoms with Gasteiger partial charge < -0.3 is 5.11 Å². The second-order valence-corrected chi connectivity index (χ2v) is 3.82. The van der Waals surface area contributed by atoms with E-state index in [4.69, 9.17) is 0 Å². The summed E-state index contributed by atoms with van der Waals surface area (Å²) in [6.07, 6.45) is 2.90. The molecular weight excluding hydrogens is 176 g/mol. The van der Waals surface area contributed by atoms with Crippen molar-refractivity contribution in [2.24, 2.45) is 7.05 Å². The monoisotopic (exact) mass is 194 g/mol. The van der Waals surface area contributed by atoms with Crippen molar-refractivity contribution in [1.29, 1.82) is 0 Å². The Balaban J connectivity index is 2.65.